The maximum atomic E-state index is 6.55. The van der Waals surface area contributed by atoms with Crippen molar-refractivity contribution in [2.75, 3.05) is 0 Å². The first kappa shape index (κ1) is 24.7. The van der Waals surface area contributed by atoms with Gasteiger partial charge in [-0.05, 0) is 91.9 Å². The van der Waals surface area contributed by atoms with Gasteiger partial charge in [0, 0.05) is 33.6 Å². The van der Waals surface area contributed by atoms with E-state index in [1.807, 2.05) is 13.8 Å². The van der Waals surface area contributed by atoms with Crippen LogP contribution in [-0.2, 0) is 5.41 Å². The highest BCUT2D eigenvalue weighted by molar-refractivity contribution is 5.97. The van der Waals surface area contributed by atoms with Gasteiger partial charge in [0.2, 0.25) is 0 Å². The Morgan fingerprint density at radius 1 is 0.524 bits per heavy atom. The fourth-order valence-corrected chi connectivity index (χ4v) is 7.16. The van der Waals surface area contributed by atoms with Crippen molar-refractivity contribution >= 4 is 0 Å². The number of para-hydroxylation sites is 2. The van der Waals surface area contributed by atoms with Crippen LogP contribution in [0.2, 0.25) is 0 Å². The standard InChI is InChI=1S/C38H29N3O/c1-22-18-23(2)40-34(19-22)28-10-9-13-31-37(28)27-17-16-26(33-20-24(3)39-25(4)41-33)21-32(27)38(31)29-11-5-7-14-35(29)42-36-15-8-6-12-30(36)38/h5-21H,1-4H3. The van der Waals surface area contributed by atoms with Crippen LogP contribution in [0.25, 0.3) is 33.6 Å². The van der Waals surface area contributed by atoms with E-state index in [0.717, 1.165) is 62.4 Å². The van der Waals surface area contributed by atoms with E-state index in [4.69, 9.17) is 14.7 Å². The van der Waals surface area contributed by atoms with Crippen LogP contribution in [0.4, 0.5) is 0 Å². The normalized spacial score (nSPS) is 13.6. The van der Waals surface area contributed by atoms with E-state index in [1.54, 1.807) is 0 Å². The minimum absolute atomic E-state index is 0.571. The Morgan fingerprint density at radius 2 is 1.21 bits per heavy atom. The molecule has 202 valence electrons. The minimum Gasteiger partial charge on any atom is -0.457 e. The number of fused-ring (bicyclic) bond motifs is 9. The summed E-state index contributed by atoms with van der Waals surface area (Å²) in [7, 11) is 0. The molecule has 42 heavy (non-hydrogen) atoms. The van der Waals surface area contributed by atoms with Gasteiger partial charge in [-0.2, -0.15) is 0 Å². The Morgan fingerprint density at radius 3 is 1.93 bits per heavy atom. The summed E-state index contributed by atoms with van der Waals surface area (Å²) in [5.74, 6) is 2.53. The molecule has 1 aliphatic heterocycles. The number of aromatic nitrogens is 3. The molecule has 1 aliphatic carbocycles. The number of nitrogens with zero attached hydrogens (tertiary/aromatic N) is 3. The summed E-state index contributed by atoms with van der Waals surface area (Å²) < 4.78 is 6.55. The highest BCUT2D eigenvalue weighted by atomic mass is 16.5. The monoisotopic (exact) mass is 543 g/mol. The molecule has 8 rings (SSSR count). The smallest absolute Gasteiger partial charge is 0.132 e. The molecule has 3 heterocycles. The van der Waals surface area contributed by atoms with Gasteiger partial charge in [0.05, 0.1) is 16.8 Å². The van der Waals surface area contributed by atoms with E-state index in [1.165, 1.54) is 27.8 Å². The lowest BCUT2D eigenvalue weighted by Crippen LogP contribution is -2.32. The second-order valence-corrected chi connectivity index (χ2v) is 11.4. The van der Waals surface area contributed by atoms with Crippen LogP contribution in [0.1, 0.15) is 45.0 Å². The van der Waals surface area contributed by atoms with E-state index in [-0.39, 0.29) is 0 Å². The fraction of sp³-hybridized carbons (Fsp3) is 0.132. The third-order valence-electron chi connectivity index (χ3n) is 8.60. The molecule has 0 saturated heterocycles. The van der Waals surface area contributed by atoms with Gasteiger partial charge in [-0.25, -0.2) is 9.97 Å². The van der Waals surface area contributed by atoms with E-state index < -0.39 is 5.41 Å². The lowest BCUT2D eigenvalue weighted by Gasteiger charge is -2.39. The van der Waals surface area contributed by atoms with Crippen LogP contribution in [0.5, 0.6) is 11.5 Å². The van der Waals surface area contributed by atoms with Crippen molar-refractivity contribution in [1.29, 1.82) is 0 Å². The van der Waals surface area contributed by atoms with Gasteiger partial charge >= 0.3 is 0 Å². The average molecular weight is 544 g/mol. The molecule has 0 saturated carbocycles. The van der Waals surface area contributed by atoms with Crippen molar-refractivity contribution in [3.63, 3.8) is 0 Å². The molecule has 0 amide bonds. The molecule has 4 aromatic carbocycles. The summed E-state index contributed by atoms with van der Waals surface area (Å²) in [6.07, 6.45) is 0. The zero-order chi connectivity index (χ0) is 28.6. The zero-order valence-corrected chi connectivity index (χ0v) is 24.1. The predicted octanol–water partition coefficient (Wildman–Crippen LogP) is 8.91. The van der Waals surface area contributed by atoms with Gasteiger partial charge in [0.15, 0.2) is 0 Å². The van der Waals surface area contributed by atoms with E-state index in [2.05, 4.69) is 122 Å². The van der Waals surface area contributed by atoms with Crippen LogP contribution < -0.4 is 4.74 Å². The highest BCUT2D eigenvalue weighted by Crippen LogP contribution is 2.63. The van der Waals surface area contributed by atoms with Crippen LogP contribution in [0, 0.1) is 27.7 Å². The van der Waals surface area contributed by atoms with Gasteiger partial charge < -0.3 is 4.74 Å². The molecule has 2 aliphatic rings. The summed E-state index contributed by atoms with van der Waals surface area (Å²) in [4.78, 5) is 14.4. The zero-order valence-electron chi connectivity index (χ0n) is 24.1. The summed E-state index contributed by atoms with van der Waals surface area (Å²) in [6, 6.07) is 36.8. The second kappa shape index (κ2) is 8.95. The van der Waals surface area contributed by atoms with E-state index in [9.17, 15) is 0 Å². The predicted molar refractivity (Wildman–Crippen MR) is 167 cm³/mol. The molecule has 1 spiro atoms. The molecule has 0 bridgehead atoms. The molecule has 4 nitrogen and oxygen atoms in total. The SMILES string of the molecule is Cc1cc(C)nc(-c2cccc3c2-c2ccc(-c4cc(C)nc(C)n4)cc2C32c3ccccc3Oc3ccccc32)c1. The lowest BCUT2D eigenvalue weighted by molar-refractivity contribution is 0.436. The van der Waals surface area contributed by atoms with Crippen LogP contribution in [0.3, 0.4) is 0 Å². The summed E-state index contributed by atoms with van der Waals surface area (Å²) in [5.41, 5.74) is 13.9. The molecule has 0 N–H and O–H groups in total. The molecule has 0 fully saturated rings. The van der Waals surface area contributed by atoms with Crippen molar-refractivity contribution < 1.29 is 4.74 Å². The Labute approximate surface area is 245 Å². The summed E-state index contributed by atoms with van der Waals surface area (Å²) in [5, 5.41) is 0. The highest BCUT2D eigenvalue weighted by Gasteiger charge is 2.51. The van der Waals surface area contributed by atoms with Crippen LogP contribution in [-0.4, -0.2) is 15.0 Å². The van der Waals surface area contributed by atoms with E-state index in [0.29, 0.717) is 0 Å². The molecule has 0 atom stereocenters. The molecule has 4 heteroatoms. The van der Waals surface area contributed by atoms with Gasteiger partial charge in [-0.3, -0.25) is 4.98 Å². The van der Waals surface area contributed by atoms with Crippen molar-refractivity contribution in [3.05, 3.63) is 148 Å². The number of hydrogen-bond acceptors (Lipinski definition) is 4. The van der Waals surface area contributed by atoms with Crippen LogP contribution >= 0.6 is 0 Å². The first-order chi connectivity index (χ1) is 20.4. The number of rotatable bonds is 2. The third-order valence-corrected chi connectivity index (χ3v) is 8.60. The molecule has 0 unspecified atom stereocenters. The van der Waals surface area contributed by atoms with Crippen LogP contribution in [0.15, 0.2) is 103 Å². The largest absolute Gasteiger partial charge is 0.457 e. The third kappa shape index (κ3) is 3.45. The topological polar surface area (TPSA) is 47.9 Å². The maximum Gasteiger partial charge on any atom is 0.132 e. The average Bonchev–Trinajstić information content (AvgIpc) is 3.27. The number of aryl methyl sites for hydroxylation is 4. The van der Waals surface area contributed by atoms with Crippen molar-refractivity contribution in [3.8, 4) is 45.1 Å². The van der Waals surface area contributed by atoms with E-state index >= 15 is 0 Å². The number of benzene rings is 4. The summed E-state index contributed by atoms with van der Waals surface area (Å²) >= 11 is 0. The first-order valence-corrected chi connectivity index (χ1v) is 14.4. The van der Waals surface area contributed by atoms with Gasteiger partial charge in [0.1, 0.15) is 17.3 Å². The molecular weight excluding hydrogens is 514 g/mol. The second-order valence-electron chi connectivity index (χ2n) is 11.4. The fourth-order valence-electron chi connectivity index (χ4n) is 7.16. The minimum atomic E-state index is -0.571. The van der Waals surface area contributed by atoms with Gasteiger partial charge in [-0.15, -0.1) is 0 Å². The Kier molecular flexibility index (Phi) is 5.26. The lowest BCUT2D eigenvalue weighted by atomic mass is 9.66. The Hall–Kier alpha value is -5.09. The first-order valence-electron chi connectivity index (χ1n) is 14.4. The van der Waals surface area contributed by atoms with Crippen molar-refractivity contribution in [2.45, 2.75) is 33.1 Å². The summed E-state index contributed by atoms with van der Waals surface area (Å²) in [6.45, 7) is 8.18. The maximum absolute atomic E-state index is 6.55. The van der Waals surface area contributed by atoms with Crippen molar-refractivity contribution in [1.82, 2.24) is 15.0 Å². The quantitative estimate of drug-likeness (QED) is 0.218. The van der Waals surface area contributed by atoms with Gasteiger partial charge in [-0.1, -0.05) is 66.7 Å². The number of pyridine rings is 1. The van der Waals surface area contributed by atoms with Gasteiger partial charge in [0.25, 0.3) is 0 Å². The molecule has 2 aromatic heterocycles. The number of ether oxygens (including phenoxy) is 1. The Balaban J connectivity index is 1.53. The van der Waals surface area contributed by atoms with Crippen molar-refractivity contribution in [2.24, 2.45) is 0 Å². The molecule has 0 radical (unpaired) electrons. The molecular formula is C38H29N3O. The Bertz CT molecular complexity index is 1990. The molecule has 6 aromatic rings. The number of hydrogen-bond donors (Lipinski definition) is 0.